The summed E-state index contributed by atoms with van der Waals surface area (Å²) < 4.78 is 16.9. The van der Waals surface area contributed by atoms with E-state index < -0.39 is 6.10 Å². The SMILES string of the molecule is CCCCCCCCCC/C=C\CCCCCCCCCCCCCCCCCCCCCC(=O)OCC(COC(=O)CCCCCCCC)OC(=O)CCCCCCCCCCCCCCCCCCCCCCCCCCCCC. The van der Waals surface area contributed by atoms with Crippen molar-refractivity contribution in [1.29, 1.82) is 0 Å². The topological polar surface area (TPSA) is 78.9 Å². The van der Waals surface area contributed by atoms with E-state index in [2.05, 4.69) is 32.9 Å². The van der Waals surface area contributed by atoms with Crippen LogP contribution in [0.1, 0.15) is 438 Å². The Kier molecular flexibility index (Phi) is 70.0. The van der Waals surface area contributed by atoms with Crippen molar-refractivity contribution in [2.75, 3.05) is 13.2 Å². The standard InChI is InChI=1S/C76H146O6/c1-4-7-10-13-16-18-20-22-24-26-28-30-32-34-36-37-38-39-41-42-44-46-48-50-52-54-56-58-60-63-66-69-75(78)81-72-73(71-80-74(77)68-65-62-15-12-9-6-3)82-76(79)70-67-64-61-59-57-55-53-51-49-47-45-43-40-35-33-31-29-27-25-23-21-19-17-14-11-8-5-2/h26,28,73H,4-25,27,29-72H2,1-3H3/b28-26-. The molecule has 0 heterocycles. The van der Waals surface area contributed by atoms with Crippen molar-refractivity contribution in [2.24, 2.45) is 0 Å². The number of carbonyl (C=O) groups excluding carboxylic acids is 3. The summed E-state index contributed by atoms with van der Waals surface area (Å²) >= 11 is 0. The Morgan fingerprint density at radius 3 is 0.610 bits per heavy atom. The fourth-order valence-corrected chi connectivity index (χ4v) is 11.9. The van der Waals surface area contributed by atoms with E-state index >= 15 is 0 Å². The second-order valence-electron chi connectivity index (χ2n) is 25.9. The van der Waals surface area contributed by atoms with Crippen molar-refractivity contribution in [3.8, 4) is 0 Å². The molecule has 0 aliphatic carbocycles. The second-order valence-corrected chi connectivity index (χ2v) is 25.9. The summed E-state index contributed by atoms with van der Waals surface area (Å²) in [5, 5.41) is 0. The van der Waals surface area contributed by atoms with Crippen LogP contribution in [0.5, 0.6) is 0 Å². The molecule has 0 N–H and O–H groups in total. The van der Waals surface area contributed by atoms with E-state index in [0.717, 1.165) is 57.8 Å². The fourth-order valence-electron chi connectivity index (χ4n) is 11.9. The van der Waals surface area contributed by atoms with Crippen LogP contribution in [0.15, 0.2) is 12.2 Å². The largest absolute Gasteiger partial charge is 0.462 e. The summed E-state index contributed by atoms with van der Waals surface area (Å²) in [6.07, 6.45) is 87.5. The minimum absolute atomic E-state index is 0.0630. The molecule has 6 nitrogen and oxygen atoms in total. The van der Waals surface area contributed by atoms with Crippen molar-refractivity contribution in [3.05, 3.63) is 12.2 Å². The van der Waals surface area contributed by atoms with Gasteiger partial charge in [-0.05, 0) is 44.9 Å². The van der Waals surface area contributed by atoms with E-state index in [9.17, 15) is 14.4 Å². The van der Waals surface area contributed by atoms with Crippen molar-refractivity contribution in [2.45, 2.75) is 444 Å². The van der Waals surface area contributed by atoms with Crippen LogP contribution in [0.3, 0.4) is 0 Å². The highest BCUT2D eigenvalue weighted by atomic mass is 16.6. The molecule has 0 saturated carbocycles. The van der Waals surface area contributed by atoms with Crippen molar-refractivity contribution in [1.82, 2.24) is 0 Å². The van der Waals surface area contributed by atoms with Crippen LogP contribution in [0.4, 0.5) is 0 Å². The van der Waals surface area contributed by atoms with E-state index in [-0.39, 0.29) is 31.1 Å². The average molecular weight is 1160 g/mol. The maximum Gasteiger partial charge on any atom is 0.306 e. The molecule has 0 aromatic carbocycles. The number of rotatable bonds is 71. The molecule has 0 bridgehead atoms. The Bertz CT molecular complexity index is 1280. The van der Waals surface area contributed by atoms with Crippen LogP contribution in [0.25, 0.3) is 0 Å². The maximum atomic E-state index is 12.9. The van der Waals surface area contributed by atoms with Gasteiger partial charge in [0.2, 0.25) is 0 Å². The zero-order chi connectivity index (χ0) is 59.2. The van der Waals surface area contributed by atoms with Gasteiger partial charge in [0.05, 0.1) is 0 Å². The molecule has 1 unspecified atom stereocenters. The number of hydrogen-bond acceptors (Lipinski definition) is 6. The van der Waals surface area contributed by atoms with Gasteiger partial charge in [0, 0.05) is 19.3 Å². The molecule has 82 heavy (non-hydrogen) atoms. The minimum atomic E-state index is -0.763. The first-order valence-electron chi connectivity index (χ1n) is 37.7. The predicted molar refractivity (Wildman–Crippen MR) is 358 cm³/mol. The van der Waals surface area contributed by atoms with Crippen LogP contribution in [-0.2, 0) is 28.6 Å². The number of ether oxygens (including phenoxy) is 3. The zero-order valence-corrected chi connectivity index (χ0v) is 56.1. The Labute approximate surface area is 513 Å². The lowest BCUT2D eigenvalue weighted by atomic mass is 10.0. The number of unbranched alkanes of at least 4 members (excludes halogenated alkanes) is 58. The molecule has 0 aliphatic heterocycles. The fraction of sp³-hybridized carbons (Fsp3) is 0.934. The molecular formula is C76H146O6. The number of carbonyl (C=O) groups is 3. The maximum absolute atomic E-state index is 12.9. The first-order chi connectivity index (χ1) is 40.5. The van der Waals surface area contributed by atoms with E-state index in [1.54, 1.807) is 0 Å². The molecule has 0 fully saturated rings. The van der Waals surface area contributed by atoms with Gasteiger partial charge in [-0.3, -0.25) is 14.4 Å². The van der Waals surface area contributed by atoms with Crippen LogP contribution >= 0.6 is 0 Å². The Hall–Kier alpha value is -1.85. The van der Waals surface area contributed by atoms with Crippen LogP contribution in [-0.4, -0.2) is 37.2 Å². The third-order valence-corrected chi connectivity index (χ3v) is 17.5. The summed E-state index contributed by atoms with van der Waals surface area (Å²) in [4.78, 5) is 38.2. The lowest BCUT2D eigenvalue weighted by Gasteiger charge is -2.18. The Morgan fingerprint density at radius 2 is 0.402 bits per heavy atom. The van der Waals surface area contributed by atoms with Gasteiger partial charge in [0.15, 0.2) is 6.10 Å². The number of allylic oxidation sites excluding steroid dienone is 2. The van der Waals surface area contributed by atoms with Crippen molar-refractivity contribution in [3.63, 3.8) is 0 Å². The van der Waals surface area contributed by atoms with Gasteiger partial charge in [0.1, 0.15) is 13.2 Å². The quantitative estimate of drug-likeness (QED) is 0.0261. The molecule has 0 amide bonds. The number of esters is 3. The van der Waals surface area contributed by atoms with Crippen molar-refractivity contribution < 1.29 is 28.6 Å². The average Bonchev–Trinajstić information content (AvgIpc) is 3.47. The second kappa shape index (κ2) is 71.6. The highest BCUT2D eigenvalue weighted by Crippen LogP contribution is 2.20. The molecule has 6 heteroatoms. The molecular weight excluding hydrogens is 1010 g/mol. The van der Waals surface area contributed by atoms with Crippen LogP contribution < -0.4 is 0 Å². The molecule has 0 aromatic heterocycles. The van der Waals surface area contributed by atoms with Crippen molar-refractivity contribution >= 4 is 17.9 Å². The molecule has 0 radical (unpaired) electrons. The third kappa shape index (κ3) is 68.9. The molecule has 0 saturated heterocycles. The van der Waals surface area contributed by atoms with Gasteiger partial charge in [-0.1, -0.05) is 386 Å². The van der Waals surface area contributed by atoms with Gasteiger partial charge >= 0.3 is 17.9 Å². The van der Waals surface area contributed by atoms with Gasteiger partial charge in [0.25, 0.3) is 0 Å². The molecule has 0 aromatic rings. The van der Waals surface area contributed by atoms with E-state index in [1.807, 2.05) is 0 Å². The van der Waals surface area contributed by atoms with Gasteiger partial charge in [-0.15, -0.1) is 0 Å². The monoisotopic (exact) mass is 1160 g/mol. The zero-order valence-electron chi connectivity index (χ0n) is 56.1. The van der Waals surface area contributed by atoms with Gasteiger partial charge < -0.3 is 14.2 Å². The molecule has 486 valence electrons. The predicted octanol–water partition coefficient (Wildman–Crippen LogP) is 26.0. The lowest BCUT2D eigenvalue weighted by molar-refractivity contribution is -0.167. The highest BCUT2D eigenvalue weighted by Gasteiger charge is 2.20. The summed E-state index contributed by atoms with van der Waals surface area (Å²) in [6.45, 7) is 6.67. The molecule has 0 spiro atoms. The van der Waals surface area contributed by atoms with Gasteiger partial charge in [-0.2, -0.15) is 0 Å². The van der Waals surface area contributed by atoms with Crippen LogP contribution in [0.2, 0.25) is 0 Å². The molecule has 0 rings (SSSR count). The summed E-state index contributed by atoms with van der Waals surface area (Å²) in [5.41, 5.74) is 0. The lowest BCUT2D eigenvalue weighted by Crippen LogP contribution is -2.30. The normalized spacial score (nSPS) is 12.0. The molecule has 1 atom stereocenters. The van der Waals surface area contributed by atoms with E-state index in [4.69, 9.17) is 14.2 Å². The smallest absolute Gasteiger partial charge is 0.306 e. The summed E-state index contributed by atoms with van der Waals surface area (Å²) in [6, 6.07) is 0. The number of hydrogen-bond donors (Lipinski definition) is 0. The first-order valence-corrected chi connectivity index (χ1v) is 37.7. The van der Waals surface area contributed by atoms with E-state index in [0.29, 0.717) is 19.3 Å². The summed E-state index contributed by atoms with van der Waals surface area (Å²) in [7, 11) is 0. The Morgan fingerprint density at radius 1 is 0.232 bits per heavy atom. The Balaban J connectivity index is 3.91. The summed E-state index contributed by atoms with van der Waals surface area (Å²) in [5.74, 6) is -0.838. The van der Waals surface area contributed by atoms with Gasteiger partial charge in [-0.25, -0.2) is 0 Å². The van der Waals surface area contributed by atoms with Crippen LogP contribution in [0, 0.1) is 0 Å². The first kappa shape index (κ1) is 80.2. The molecule has 0 aliphatic rings. The third-order valence-electron chi connectivity index (χ3n) is 17.5. The van der Waals surface area contributed by atoms with E-state index in [1.165, 1.54) is 340 Å². The highest BCUT2D eigenvalue weighted by molar-refractivity contribution is 5.71. The minimum Gasteiger partial charge on any atom is -0.462 e.